The predicted octanol–water partition coefficient (Wildman–Crippen LogP) is 2.90. The molecule has 2 aromatic heterocycles. The molecule has 0 spiro atoms. The van der Waals surface area contributed by atoms with Gasteiger partial charge in [0.15, 0.2) is 5.78 Å². The van der Waals surface area contributed by atoms with Gasteiger partial charge in [-0.2, -0.15) is 0 Å². The van der Waals surface area contributed by atoms with Crippen molar-refractivity contribution in [3.05, 3.63) is 63.0 Å². The Labute approximate surface area is 179 Å². The summed E-state index contributed by atoms with van der Waals surface area (Å²) in [6.45, 7) is 3.54. The van der Waals surface area contributed by atoms with E-state index < -0.39 is 6.04 Å². The van der Waals surface area contributed by atoms with Crippen LogP contribution in [-0.4, -0.2) is 27.3 Å². The van der Waals surface area contributed by atoms with Crippen LogP contribution in [0.4, 0.5) is 0 Å². The molecule has 3 aromatic rings. The number of ketones is 1. The Bertz CT molecular complexity index is 1150. The van der Waals surface area contributed by atoms with E-state index in [2.05, 4.69) is 17.2 Å². The zero-order chi connectivity index (χ0) is 21.3. The number of rotatable bonds is 6. The van der Waals surface area contributed by atoms with Gasteiger partial charge in [-0.05, 0) is 49.7 Å². The first kappa shape index (κ1) is 20.5. The number of carbonyl (C=O) groups is 2. The molecule has 1 aliphatic rings. The van der Waals surface area contributed by atoms with Gasteiger partial charge >= 0.3 is 0 Å². The molecule has 4 rings (SSSR count). The molecule has 1 aliphatic carbocycles. The number of hydrogen-bond acceptors (Lipinski definition) is 5. The van der Waals surface area contributed by atoms with E-state index in [1.807, 2.05) is 30.3 Å². The van der Waals surface area contributed by atoms with E-state index in [9.17, 15) is 14.4 Å². The quantitative estimate of drug-likeness (QED) is 0.661. The normalized spacial score (nSPS) is 16.8. The zero-order valence-corrected chi connectivity index (χ0v) is 18.0. The lowest BCUT2D eigenvalue weighted by Gasteiger charge is -2.18. The lowest BCUT2D eigenvalue weighted by molar-refractivity contribution is -0.127. The lowest BCUT2D eigenvalue weighted by atomic mass is 9.89. The number of amides is 1. The van der Waals surface area contributed by atoms with E-state index in [0.717, 1.165) is 35.2 Å². The van der Waals surface area contributed by atoms with Crippen molar-refractivity contribution in [3.8, 4) is 0 Å². The van der Waals surface area contributed by atoms with Gasteiger partial charge < -0.3 is 5.32 Å². The molecule has 1 amide bonds. The first-order chi connectivity index (χ1) is 14.4. The Morgan fingerprint density at radius 3 is 2.80 bits per heavy atom. The van der Waals surface area contributed by atoms with Gasteiger partial charge in [0.2, 0.25) is 5.91 Å². The van der Waals surface area contributed by atoms with E-state index in [-0.39, 0.29) is 23.8 Å². The Balaban J connectivity index is 1.53. The smallest absolute Gasteiger partial charge is 0.262 e. The van der Waals surface area contributed by atoms with E-state index in [1.165, 1.54) is 22.7 Å². The fourth-order valence-electron chi connectivity index (χ4n) is 4.02. The second-order valence-corrected chi connectivity index (χ2v) is 9.21. The van der Waals surface area contributed by atoms with Crippen LogP contribution < -0.4 is 10.9 Å². The number of aromatic nitrogens is 2. The van der Waals surface area contributed by atoms with Crippen molar-refractivity contribution in [1.29, 1.82) is 0 Å². The molecular formula is C23H25N3O3S. The molecule has 1 aromatic carbocycles. The molecule has 0 aliphatic heterocycles. The van der Waals surface area contributed by atoms with Gasteiger partial charge in [0, 0.05) is 4.88 Å². The average Bonchev–Trinajstić information content (AvgIpc) is 3.08. The number of hydrogen-bond donors (Lipinski definition) is 1. The summed E-state index contributed by atoms with van der Waals surface area (Å²) >= 11 is 1.59. The molecule has 1 N–H and O–H groups in total. The fraction of sp³-hybridized carbons (Fsp3) is 0.391. The van der Waals surface area contributed by atoms with Crippen molar-refractivity contribution in [2.24, 2.45) is 5.92 Å². The third-order valence-electron chi connectivity index (χ3n) is 5.70. The molecule has 0 radical (unpaired) electrons. The molecule has 2 heterocycles. The van der Waals surface area contributed by atoms with Gasteiger partial charge in [0.25, 0.3) is 5.56 Å². The summed E-state index contributed by atoms with van der Waals surface area (Å²) in [5.74, 6) is 0.132. The van der Waals surface area contributed by atoms with Crippen LogP contribution in [0.2, 0.25) is 0 Å². The second-order valence-electron chi connectivity index (χ2n) is 8.13. The second kappa shape index (κ2) is 8.52. The van der Waals surface area contributed by atoms with Gasteiger partial charge in [0.1, 0.15) is 11.4 Å². The number of aryl methyl sites for hydroxylation is 1. The molecule has 6 nitrogen and oxygen atoms in total. The Morgan fingerprint density at radius 1 is 1.30 bits per heavy atom. The minimum absolute atomic E-state index is 0.117. The highest BCUT2D eigenvalue weighted by Gasteiger charge is 2.24. The maximum absolute atomic E-state index is 13.1. The van der Waals surface area contributed by atoms with E-state index >= 15 is 0 Å². The number of nitrogens with zero attached hydrogens (tertiary/aromatic N) is 2. The summed E-state index contributed by atoms with van der Waals surface area (Å²) in [7, 11) is 0. The Morgan fingerprint density at radius 2 is 2.07 bits per heavy atom. The van der Waals surface area contributed by atoms with Gasteiger partial charge in [0.05, 0.1) is 17.8 Å². The Hall–Kier alpha value is -2.80. The molecule has 156 valence electrons. The summed E-state index contributed by atoms with van der Waals surface area (Å²) in [6, 6.07) is 8.93. The maximum Gasteiger partial charge on any atom is 0.262 e. The monoisotopic (exact) mass is 423 g/mol. The van der Waals surface area contributed by atoms with Crippen LogP contribution in [-0.2, 0) is 35.4 Å². The standard InChI is InChI=1S/C23H25N3O3S/c1-14-8-9-17-19(10-14)30-22-21(17)23(29)26(13-24-22)12-20(28)25-18(15(2)27)11-16-6-4-3-5-7-16/h3-7,13-14,18H,8-12H2,1-2H3,(H,25,28)/t14-,18-/m0/s1. The summed E-state index contributed by atoms with van der Waals surface area (Å²) in [5.41, 5.74) is 1.90. The van der Waals surface area contributed by atoms with Gasteiger partial charge in [-0.1, -0.05) is 37.3 Å². The molecule has 0 bridgehead atoms. The average molecular weight is 424 g/mol. The van der Waals surface area contributed by atoms with Crippen molar-refractivity contribution in [2.75, 3.05) is 0 Å². The van der Waals surface area contributed by atoms with Crippen LogP contribution in [0.5, 0.6) is 0 Å². The first-order valence-corrected chi connectivity index (χ1v) is 11.1. The largest absolute Gasteiger partial charge is 0.344 e. The SMILES string of the molecule is CC(=O)[C@H](Cc1ccccc1)NC(=O)Cn1cnc2sc3c(c2c1=O)CC[C@H](C)C3. The molecular weight excluding hydrogens is 398 g/mol. The van der Waals surface area contributed by atoms with Crippen molar-refractivity contribution in [1.82, 2.24) is 14.9 Å². The van der Waals surface area contributed by atoms with Crippen molar-refractivity contribution in [3.63, 3.8) is 0 Å². The predicted molar refractivity (Wildman–Crippen MR) is 118 cm³/mol. The highest BCUT2D eigenvalue weighted by atomic mass is 32.1. The summed E-state index contributed by atoms with van der Waals surface area (Å²) in [4.78, 5) is 44.2. The van der Waals surface area contributed by atoms with Crippen LogP contribution in [0.1, 0.15) is 36.3 Å². The van der Waals surface area contributed by atoms with Crippen LogP contribution >= 0.6 is 11.3 Å². The maximum atomic E-state index is 13.1. The van der Waals surface area contributed by atoms with Crippen molar-refractivity contribution < 1.29 is 9.59 Å². The molecule has 0 unspecified atom stereocenters. The third-order valence-corrected chi connectivity index (χ3v) is 6.87. The van der Waals surface area contributed by atoms with Gasteiger partial charge in [-0.25, -0.2) is 4.98 Å². The molecule has 2 atom stereocenters. The van der Waals surface area contributed by atoms with Crippen molar-refractivity contribution in [2.45, 2.75) is 52.1 Å². The topological polar surface area (TPSA) is 81.1 Å². The zero-order valence-electron chi connectivity index (χ0n) is 17.2. The minimum atomic E-state index is -0.623. The fourth-order valence-corrected chi connectivity index (χ4v) is 5.36. The van der Waals surface area contributed by atoms with Crippen molar-refractivity contribution >= 4 is 33.2 Å². The molecule has 0 saturated heterocycles. The third kappa shape index (κ3) is 4.21. The highest BCUT2D eigenvalue weighted by molar-refractivity contribution is 7.18. The molecule has 0 saturated carbocycles. The number of fused-ring (bicyclic) bond motifs is 3. The van der Waals surface area contributed by atoms with Crippen LogP contribution in [0, 0.1) is 5.92 Å². The van der Waals surface area contributed by atoms with E-state index in [4.69, 9.17) is 0 Å². The number of nitrogens with one attached hydrogen (secondary N) is 1. The van der Waals surface area contributed by atoms with Crippen LogP contribution in [0.3, 0.4) is 0 Å². The molecule has 0 fully saturated rings. The first-order valence-electron chi connectivity index (χ1n) is 10.3. The lowest BCUT2D eigenvalue weighted by Crippen LogP contribution is -2.43. The highest BCUT2D eigenvalue weighted by Crippen LogP contribution is 2.35. The number of thiophene rings is 1. The summed E-state index contributed by atoms with van der Waals surface area (Å²) in [5, 5.41) is 3.43. The summed E-state index contributed by atoms with van der Waals surface area (Å²) < 4.78 is 1.35. The van der Waals surface area contributed by atoms with Crippen LogP contribution in [0.25, 0.3) is 10.2 Å². The number of Topliss-reactive ketones (excluding diaryl/α,β-unsaturated/α-hetero) is 1. The summed E-state index contributed by atoms with van der Waals surface area (Å²) in [6.07, 6.45) is 4.79. The number of benzene rings is 1. The molecule has 7 heteroatoms. The minimum Gasteiger partial charge on any atom is -0.344 e. The molecule has 30 heavy (non-hydrogen) atoms. The van der Waals surface area contributed by atoms with E-state index in [0.29, 0.717) is 17.7 Å². The van der Waals surface area contributed by atoms with Gasteiger partial charge in [-0.15, -0.1) is 11.3 Å². The van der Waals surface area contributed by atoms with Crippen LogP contribution in [0.15, 0.2) is 41.5 Å². The Kier molecular flexibility index (Phi) is 5.81. The number of carbonyl (C=O) groups excluding carboxylic acids is 2. The van der Waals surface area contributed by atoms with Gasteiger partial charge in [-0.3, -0.25) is 19.0 Å². The van der Waals surface area contributed by atoms with E-state index in [1.54, 1.807) is 11.3 Å².